The highest BCUT2D eigenvalue weighted by Gasteiger charge is 2.24. The van der Waals surface area contributed by atoms with Gasteiger partial charge < -0.3 is 15.2 Å². The molecule has 2 atom stereocenters. The number of likely N-dealkylation sites (tertiary alicyclic amines) is 1. The maximum atomic E-state index is 12.8. The van der Waals surface area contributed by atoms with E-state index in [0.717, 1.165) is 36.2 Å². The third-order valence-electron chi connectivity index (χ3n) is 5.61. The molecule has 1 aliphatic heterocycles. The third-order valence-corrected chi connectivity index (χ3v) is 5.61. The molecule has 0 spiro atoms. The van der Waals surface area contributed by atoms with Crippen molar-refractivity contribution >= 4 is 16.9 Å². The molecule has 1 amide bonds. The monoisotopic (exact) mass is 358 g/mol. The Balaban J connectivity index is 1.72. The zero-order chi connectivity index (χ0) is 18.8. The fourth-order valence-corrected chi connectivity index (χ4v) is 3.65. The Morgan fingerprint density at radius 1 is 1.23 bits per heavy atom. The highest BCUT2D eigenvalue weighted by atomic mass is 16.2. The molecule has 0 saturated carbocycles. The predicted octanol–water partition coefficient (Wildman–Crippen LogP) is 2.21. The first kappa shape index (κ1) is 18.7. The number of fused-ring (bicyclic) bond motifs is 1. The van der Waals surface area contributed by atoms with Crippen LogP contribution in [0.5, 0.6) is 0 Å². The first-order valence-electron chi connectivity index (χ1n) is 9.58. The SMILES string of the molecule is CC(C(=O)NC(CN1CCCC1)C(C)C)c1ccc2c(c1)[nH]c(=O)n2C. The summed E-state index contributed by atoms with van der Waals surface area (Å²) < 4.78 is 1.58. The molecule has 1 fully saturated rings. The maximum Gasteiger partial charge on any atom is 0.326 e. The number of carbonyl (C=O) groups excluding carboxylic acids is 1. The second-order valence-corrected chi connectivity index (χ2v) is 7.85. The van der Waals surface area contributed by atoms with Crippen molar-refractivity contribution in [2.45, 2.75) is 45.6 Å². The van der Waals surface area contributed by atoms with Gasteiger partial charge >= 0.3 is 5.69 Å². The number of imidazole rings is 1. The number of nitrogens with zero attached hydrogens (tertiary/aromatic N) is 2. The third kappa shape index (κ3) is 3.85. The number of aromatic amines is 1. The molecule has 0 radical (unpaired) electrons. The van der Waals surface area contributed by atoms with Gasteiger partial charge in [-0.05, 0) is 56.5 Å². The molecule has 6 nitrogen and oxygen atoms in total. The lowest BCUT2D eigenvalue weighted by Gasteiger charge is -2.28. The van der Waals surface area contributed by atoms with Crippen LogP contribution < -0.4 is 11.0 Å². The average Bonchev–Trinajstić information content (AvgIpc) is 3.21. The Bertz CT molecular complexity index is 830. The van der Waals surface area contributed by atoms with Crippen LogP contribution in [0.25, 0.3) is 11.0 Å². The summed E-state index contributed by atoms with van der Waals surface area (Å²) in [5.41, 5.74) is 2.40. The Morgan fingerprint density at radius 3 is 2.58 bits per heavy atom. The number of nitrogens with one attached hydrogen (secondary N) is 2. The molecule has 0 aliphatic carbocycles. The molecule has 2 N–H and O–H groups in total. The van der Waals surface area contributed by atoms with E-state index in [2.05, 4.69) is 29.0 Å². The largest absolute Gasteiger partial charge is 0.351 e. The topological polar surface area (TPSA) is 70.1 Å². The summed E-state index contributed by atoms with van der Waals surface area (Å²) in [6.45, 7) is 9.42. The number of benzene rings is 1. The molecule has 1 aromatic carbocycles. The highest BCUT2D eigenvalue weighted by Crippen LogP contribution is 2.21. The van der Waals surface area contributed by atoms with Crippen molar-refractivity contribution in [3.8, 4) is 0 Å². The van der Waals surface area contributed by atoms with Crippen LogP contribution in [0.3, 0.4) is 0 Å². The number of hydrogen-bond donors (Lipinski definition) is 2. The van der Waals surface area contributed by atoms with Gasteiger partial charge in [0.2, 0.25) is 5.91 Å². The Kier molecular flexibility index (Phi) is 5.51. The summed E-state index contributed by atoms with van der Waals surface area (Å²) in [6, 6.07) is 5.90. The van der Waals surface area contributed by atoms with Gasteiger partial charge in [0.05, 0.1) is 17.0 Å². The van der Waals surface area contributed by atoms with Gasteiger partial charge in [0.1, 0.15) is 0 Å². The van der Waals surface area contributed by atoms with Gasteiger partial charge in [-0.2, -0.15) is 0 Å². The summed E-state index contributed by atoms with van der Waals surface area (Å²) in [5, 5.41) is 3.25. The Labute approximate surface area is 154 Å². The van der Waals surface area contributed by atoms with Crippen molar-refractivity contribution in [1.29, 1.82) is 0 Å². The van der Waals surface area contributed by atoms with Gasteiger partial charge in [0.15, 0.2) is 0 Å². The average molecular weight is 358 g/mol. The van der Waals surface area contributed by atoms with Gasteiger partial charge in [0, 0.05) is 19.6 Å². The lowest BCUT2D eigenvalue weighted by atomic mass is 9.97. The molecular weight excluding hydrogens is 328 g/mol. The molecule has 1 saturated heterocycles. The molecule has 2 heterocycles. The summed E-state index contributed by atoms with van der Waals surface area (Å²) >= 11 is 0. The Hall–Kier alpha value is -2.08. The fraction of sp³-hybridized carbons (Fsp3) is 0.600. The number of aryl methyl sites for hydroxylation is 1. The van der Waals surface area contributed by atoms with Crippen molar-refractivity contribution < 1.29 is 4.79 Å². The minimum atomic E-state index is -0.261. The number of carbonyl (C=O) groups is 1. The standard InChI is InChI=1S/C20H30N4O2/c1-13(2)17(12-24-9-5-6-10-24)21-19(25)14(3)15-7-8-18-16(11-15)22-20(26)23(18)4/h7-8,11,13-14,17H,5-6,9-10,12H2,1-4H3,(H,21,25)(H,22,26). The van der Waals surface area contributed by atoms with Crippen LogP contribution in [0.1, 0.15) is 45.1 Å². The summed E-state index contributed by atoms with van der Waals surface area (Å²) in [4.78, 5) is 29.9. The first-order chi connectivity index (χ1) is 12.4. The van der Waals surface area contributed by atoms with E-state index < -0.39 is 0 Å². The van der Waals surface area contributed by atoms with Crippen LogP contribution in [0.15, 0.2) is 23.0 Å². The molecule has 0 bridgehead atoms. The second kappa shape index (κ2) is 7.66. The molecule has 26 heavy (non-hydrogen) atoms. The first-order valence-corrected chi connectivity index (χ1v) is 9.58. The summed E-state index contributed by atoms with van der Waals surface area (Å²) in [5.74, 6) is 0.170. The van der Waals surface area contributed by atoms with E-state index >= 15 is 0 Å². The number of H-pyrrole nitrogens is 1. The zero-order valence-electron chi connectivity index (χ0n) is 16.2. The molecule has 2 unspecified atom stereocenters. The molecule has 1 aromatic heterocycles. The van der Waals surface area contributed by atoms with Crippen LogP contribution in [0.4, 0.5) is 0 Å². The molecule has 6 heteroatoms. The van der Waals surface area contributed by atoms with E-state index in [9.17, 15) is 9.59 Å². The van der Waals surface area contributed by atoms with Crippen molar-refractivity contribution in [3.63, 3.8) is 0 Å². The van der Waals surface area contributed by atoms with Gasteiger partial charge in [-0.3, -0.25) is 9.36 Å². The van der Waals surface area contributed by atoms with E-state index in [1.807, 2.05) is 25.1 Å². The number of aromatic nitrogens is 2. The minimum Gasteiger partial charge on any atom is -0.351 e. The highest BCUT2D eigenvalue weighted by molar-refractivity contribution is 5.85. The van der Waals surface area contributed by atoms with Gasteiger partial charge in [0.25, 0.3) is 0 Å². The van der Waals surface area contributed by atoms with E-state index in [0.29, 0.717) is 5.92 Å². The molecule has 3 rings (SSSR count). The molecule has 142 valence electrons. The van der Waals surface area contributed by atoms with Crippen LogP contribution in [-0.4, -0.2) is 46.0 Å². The molecule has 1 aliphatic rings. The van der Waals surface area contributed by atoms with Gasteiger partial charge in [-0.15, -0.1) is 0 Å². The smallest absolute Gasteiger partial charge is 0.326 e. The van der Waals surface area contributed by atoms with E-state index in [-0.39, 0.29) is 23.6 Å². The number of amides is 1. The number of hydrogen-bond acceptors (Lipinski definition) is 3. The van der Waals surface area contributed by atoms with E-state index in [1.54, 1.807) is 11.6 Å². The second-order valence-electron chi connectivity index (χ2n) is 7.85. The quantitative estimate of drug-likeness (QED) is 0.832. The molecular formula is C20H30N4O2. The summed E-state index contributed by atoms with van der Waals surface area (Å²) in [6.07, 6.45) is 2.51. The fourth-order valence-electron chi connectivity index (χ4n) is 3.65. The van der Waals surface area contributed by atoms with Gasteiger partial charge in [-0.1, -0.05) is 19.9 Å². The lowest BCUT2D eigenvalue weighted by molar-refractivity contribution is -0.123. The number of rotatable bonds is 6. The lowest BCUT2D eigenvalue weighted by Crippen LogP contribution is -2.47. The normalized spacial score (nSPS) is 17.7. The van der Waals surface area contributed by atoms with Crippen LogP contribution in [0.2, 0.25) is 0 Å². The molecule has 2 aromatic rings. The Morgan fingerprint density at radius 2 is 1.92 bits per heavy atom. The van der Waals surface area contributed by atoms with Crippen molar-refractivity contribution in [1.82, 2.24) is 19.8 Å². The van der Waals surface area contributed by atoms with E-state index in [4.69, 9.17) is 0 Å². The van der Waals surface area contributed by atoms with E-state index in [1.165, 1.54) is 12.8 Å². The van der Waals surface area contributed by atoms with Crippen LogP contribution in [0, 0.1) is 5.92 Å². The minimum absolute atomic E-state index is 0.0422. The van der Waals surface area contributed by atoms with Crippen LogP contribution >= 0.6 is 0 Å². The van der Waals surface area contributed by atoms with Gasteiger partial charge in [-0.25, -0.2) is 4.79 Å². The summed E-state index contributed by atoms with van der Waals surface area (Å²) in [7, 11) is 1.74. The van der Waals surface area contributed by atoms with Crippen molar-refractivity contribution in [2.75, 3.05) is 19.6 Å². The van der Waals surface area contributed by atoms with Crippen molar-refractivity contribution in [2.24, 2.45) is 13.0 Å². The predicted molar refractivity (Wildman–Crippen MR) is 104 cm³/mol. The maximum absolute atomic E-state index is 12.8. The van der Waals surface area contributed by atoms with Crippen LogP contribution in [-0.2, 0) is 11.8 Å². The van der Waals surface area contributed by atoms with Crippen molar-refractivity contribution in [3.05, 3.63) is 34.2 Å². The zero-order valence-corrected chi connectivity index (χ0v) is 16.2.